The van der Waals surface area contributed by atoms with Crippen LogP contribution in [0.5, 0.6) is 0 Å². The molecule has 0 fully saturated rings. The molecule has 5 nitrogen and oxygen atoms in total. The Hall–Kier alpha value is -3.86. The molecule has 0 spiro atoms. The number of nitrogens with one attached hydrogen (secondary N) is 2. The van der Waals surface area contributed by atoms with Gasteiger partial charge < -0.3 is 10.3 Å². The summed E-state index contributed by atoms with van der Waals surface area (Å²) in [5.41, 5.74) is 5.46. The predicted octanol–water partition coefficient (Wildman–Crippen LogP) is 5.17. The van der Waals surface area contributed by atoms with E-state index in [9.17, 15) is 9.59 Å². The number of amides is 1. The number of aromatic amines is 1. The van der Waals surface area contributed by atoms with Crippen molar-refractivity contribution in [1.29, 1.82) is 0 Å². The number of H-pyrrole nitrogens is 1. The largest absolute Gasteiger partial charge is 0.336 e. The molecule has 2 aromatic heterocycles. The molecule has 0 bridgehead atoms. The SMILES string of the molecule is C=C(C)c1ccc(NC(=O)c2cc3ccc(=O)n(-c4ccc(CC)cc4)c3[nH]2)cc1. The van der Waals surface area contributed by atoms with Gasteiger partial charge in [-0.1, -0.05) is 43.3 Å². The number of fused-ring (bicyclic) bond motifs is 1. The molecule has 0 radical (unpaired) electrons. The van der Waals surface area contributed by atoms with Gasteiger partial charge >= 0.3 is 0 Å². The molecule has 0 atom stereocenters. The Labute approximate surface area is 174 Å². The van der Waals surface area contributed by atoms with Crippen molar-refractivity contribution in [2.24, 2.45) is 0 Å². The van der Waals surface area contributed by atoms with Gasteiger partial charge in [-0.2, -0.15) is 0 Å². The van der Waals surface area contributed by atoms with E-state index in [4.69, 9.17) is 0 Å². The van der Waals surface area contributed by atoms with Crippen LogP contribution < -0.4 is 10.9 Å². The number of benzene rings is 2. The maximum absolute atomic E-state index is 12.8. The fourth-order valence-electron chi connectivity index (χ4n) is 3.41. The van der Waals surface area contributed by atoms with E-state index in [0.29, 0.717) is 17.0 Å². The summed E-state index contributed by atoms with van der Waals surface area (Å²) >= 11 is 0. The van der Waals surface area contributed by atoms with Crippen LogP contribution in [0.4, 0.5) is 5.69 Å². The van der Waals surface area contributed by atoms with Crippen molar-refractivity contribution in [3.63, 3.8) is 0 Å². The Morgan fingerprint density at radius 1 is 1.03 bits per heavy atom. The molecule has 4 rings (SSSR count). The first kappa shape index (κ1) is 19.5. The van der Waals surface area contributed by atoms with Gasteiger partial charge in [-0.3, -0.25) is 14.2 Å². The highest BCUT2D eigenvalue weighted by Gasteiger charge is 2.14. The first-order chi connectivity index (χ1) is 14.5. The first-order valence-electron chi connectivity index (χ1n) is 9.87. The van der Waals surface area contributed by atoms with Gasteiger partial charge in [0.05, 0.1) is 5.69 Å². The smallest absolute Gasteiger partial charge is 0.272 e. The lowest BCUT2D eigenvalue weighted by Gasteiger charge is -2.08. The summed E-state index contributed by atoms with van der Waals surface area (Å²) < 4.78 is 1.59. The number of aryl methyl sites for hydroxylation is 1. The minimum Gasteiger partial charge on any atom is -0.336 e. The molecule has 5 heteroatoms. The highest BCUT2D eigenvalue weighted by molar-refractivity contribution is 6.05. The summed E-state index contributed by atoms with van der Waals surface area (Å²) in [6.45, 7) is 7.94. The molecular weight excluding hydrogens is 374 g/mol. The Morgan fingerprint density at radius 2 is 1.73 bits per heavy atom. The molecular formula is C25H23N3O2. The number of anilines is 1. The lowest BCUT2D eigenvalue weighted by atomic mass is 10.1. The zero-order chi connectivity index (χ0) is 21.3. The van der Waals surface area contributed by atoms with E-state index < -0.39 is 0 Å². The quantitative estimate of drug-likeness (QED) is 0.488. The summed E-state index contributed by atoms with van der Waals surface area (Å²) in [6.07, 6.45) is 0.930. The second-order valence-corrected chi connectivity index (χ2v) is 7.33. The van der Waals surface area contributed by atoms with Gasteiger partial charge in [0.2, 0.25) is 0 Å². The number of nitrogens with zero attached hydrogens (tertiary/aromatic N) is 1. The molecule has 0 unspecified atom stereocenters. The van der Waals surface area contributed by atoms with Crippen molar-refractivity contribution in [2.75, 3.05) is 5.32 Å². The zero-order valence-corrected chi connectivity index (χ0v) is 17.0. The Bertz CT molecular complexity index is 1290. The van der Waals surface area contributed by atoms with E-state index in [1.54, 1.807) is 16.7 Å². The highest BCUT2D eigenvalue weighted by Crippen LogP contribution is 2.20. The molecule has 150 valence electrons. The average molecular weight is 397 g/mol. The number of carbonyl (C=O) groups is 1. The van der Waals surface area contributed by atoms with E-state index in [-0.39, 0.29) is 11.5 Å². The molecule has 1 amide bonds. The minimum absolute atomic E-state index is 0.157. The molecule has 0 aliphatic rings. The summed E-state index contributed by atoms with van der Waals surface area (Å²) in [5, 5.41) is 3.68. The third kappa shape index (κ3) is 3.70. The van der Waals surface area contributed by atoms with Gasteiger partial charge in [-0.25, -0.2) is 0 Å². The summed E-state index contributed by atoms with van der Waals surface area (Å²) in [7, 11) is 0. The van der Waals surface area contributed by atoms with Crippen molar-refractivity contribution in [1.82, 2.24) is 9.55 Å². The fourth-order valence-corrected chi connectivity index (χ4v) is 3.41. The van der Waals surface area contributed by atoms with Crippen LogP contribution in [0.2, 0.25) is 0 Å². The lowest BCUT2D eigenvalue weighted by Crippen LogP contribution is -2.17. The standard InChI is InChI=1S/C25H23N3O2/c1-4-17-5-12-21(13-6-17)28-23(29)14-9-19-15-22(27-24(19)28)25(30)26-20-10-7-18(8-11-20)16(2)3/h5-15,27H,2,4H2,1,3H3,(H,26,30). The normalized spacial score (nSPS) is 10.9. The zero-order valence-electron chi connectivity index (χ0n) is 17.0. The van der Waals surface area contributed by atoms with E-state index in [1.165, 1.54) is 11.6 Å². The van der Waals surface area contributed by atoms with Crippen LogP contribution in [0.1, 0.15) is 35.5 Å². The monoisotopic (exact) mass is 397 g/mol. The Balaban J connectivity index is 1.68. The second kappa shape index (κ2) is 7.87. The number of allylic oxidation sites excluding steroid dienone is 1. The van der Waals surface area contributed by atoms with Crippen LogP contribution in [-0.2, 0) is 6.42 Å². The van der Waals surface area contributed by atoms with Crippen LogP contribution in [0.3, 0.4) is 0 Å². The fraction of sp³-hybridized carbons (Fsp3) is 0.120. The molecule has 2 aromatic carbocycles. The van der Waals surface area contributed by atoms with Crippen LogP contribution in [0.15, 0.2) is 78.1 Å². The van der Waals surface area contributed by atoms with Gasteiger partial charge in [0.1, 0.15) is 11.3 Å². The molecule has 0 aliphatic heterocycles. The number of hydrogen-bond acceptors (Lipinski definition) is 2. The van der Waals surface area contributed by atoms with Gasteiger partial charge in [-0.15, -0.1) is 0 Å². The maximum Gasteiger partial charge on any atom is 0.272 e. The number of aromatic nitrogens is 2. The molecule has 2 heterocycles. The van der Waals surface area contributed by atoms with Crippen molar-refractivity contribution < 1.29 is 4.79 Å². The topological polar surface area (TPSA) is 66.9 Å². The van der Waals surface area contributed by atoms with Crippen LogP contribution >= 0.6 is 0 Å². The van der Waals surface area contributed by atoms with E-state index in [0.717, 1.165) is 28.6 Å². The van der Waals surface area contributed by atoms with Crippen molar-refractivity contribution >= 4 is 28.2 Å². The molecule has 4 aromatic rings. The lowest BCUT2D eigenvalue weighted by molar-refractivity contribution is 0.102. The van der Waals surface area contributed by atoms with Gasteiger partial charge in [0, 0.05) is 17.1 Å². The highest BCUT2D eigenvalue weighted by atomic mass is 16.2. The van der Waals surface area contributed by atoms with Crippen LogP contribution in [0.25, 0.3) is 22.3 Å². The van der Waals surface area contributed by atoms with Crippen molar-refractivity contribution in [3.8, 4) is 5.69 Å². The molecule has 30 heavy (non-hydrogen) atoms. The van der Waals surface area contributed by atoms with Crippen LogP contribution in [0, 0.1) is 0 Å². The number of hydrogen-bond donors (Lipinski definition) is 2. The van der Waals surface area contributed by atoms with Crippen molar-refractivity contribution in [3.05, 3.63) is 100 Å². The van der Waals surface area contributed by atoms with Crippen molar-refractivity contribution in [2.45, 2.75) is 20.3 Å². The van der Waals surface area contributed by atoms with Gasteiger partial charge in [0.25, 0.3) is 11.5 Å². The third-order valence-corrected chi connectivity index (χ3v) is 5.16. The number of carbonyl (C=O) groups excluding carboxylic acids is 1. The molecule has 0 saturated heterocycles. The summed E-state index contributed by atoms with van der Waals surface area (Å²) in [5.74, 6) is -0.269. The van der Waals surface area contributed by atoms with Gasteiger partial charge in [0.15, 0.2) is 0 Å². The average Bonchev–Trinajstić information content (AvgIpc) is 3.19. The predicted molar refractivity (Wildman–Crippen MR) is 122 cm³/mol. The van der Waals surface area contributed by atoms with E-state index in [1.807, 2.05) is 55.5 Å². The van der Waals surface area contributed by atoms with Gasteiger partial charge in [-0.05, 0) is 60.9 Å². The van der Waals surface area contributed by atoms with E-state index >= 15 is 0 Å². The molecule has 2 N–H and O–H groups in total. The summed E-state index contributed by atoms with van der Waals surface area (Å²) in [6, 6.07) is 20.4. The number of rotatable bonds is 5. The third-order valence-electron chi connectivity index (χ3n) is 5.16. The first-order valence-corrected chi connectivity index (χ1v) is 9.87. The Morgan fingerprint density at radius 3 is 2.37 bits per heavy atom. The van der Waals surface area contributed by atoms with E-state index in [2.05, 4.69) is 23.8 Å². The summed E-state index contributed by atoms with van der Waals surface area (Å²) in [4.78, 5) is 28.5. The second-order valence-electron chi connectivity index (χ2n) is 7.33. The Kier molecular flexibility index (Phi) is 5.11. The van der Waals surface area contributed by atoms with Crippen LogP contribution in [-0.4, -0.2) is 15.5 Å². The molecule has 0 aliphatic carbocycles. The minimum atomic E-state index is -0.269. The number of pyridine rings is 1. The maximum atomic E-state index is 12.8. The molecule has 0 saturated carbocycles.